The summed E-state index contributed by atoms with van der Waals surface area (Å²) in [4.78, 5) is 21.1. The Bertz CT molecular complexity index is 628. The molecule has 0 aliphatic carbocycles. The molecular weight excluding hydrogens is 290 g/mol. The van der Waals surface area contributed by atoms with Crippen LogP contribution in [0.2, 0.25) is 0 Å². The van der Waals surface area contributed by atoms with Crippen molar-refractivity contribution < 1.29 is 14.3 Å². The van der Waals surface area contributed by atoms with Gasteiger partial charge < -0.3 is 15.2 Å². The zero-order valence-corrected chi connectivity index (χ0v) is 12.8. The molecule has 0 saturated carbocycles. The average molecular weight is 307 g/mol. The van der Waals surface area contributed by atoms with Crippen LogP contribution < -0.4 is 10.5 Å². The van der Waals surface area contributed by atoms with Crippen LogP contribution in [0.25, 0.3) is 0 Å². The van der Waals surface area contributed by atoms with Gasteiger partial charge in [-0.3, -0.25) is 0 Å². The van der Waals surface area contributed by atoms with E-state index in [0.29, 0.717) is 19.1 Å². The third-order valence-electron chi connectivity index (χ3n) is 2.83. The topological polar surface area (TPSA) is 87.3 Å². The molecule has 0 radical (unpaired) electrons. The number of hydrogen-bond donors (Lipinski definition) is 1. The van der Waals surface area contributed by atoms with Crippen LogP contribution in [0.5, 0.6) is 5.88 Å². The lowest BCUT2D eigenvalue weighted by molar-refractivity contribution is 0.0527. The van der Waals surface area contributed by atoms with Gasteiger partial charge in [0.25, 0.3) is 0 Å². The van der Waals surface area contributed by atoms with E-state index in [-0.39, 0.29) is 11.3 Å². The van der Waals surface area contributed by atoms with E-state index in [4.69, 9.17) is 15.2 Å². The molecule has 0 aliphatic heterocycles. The van der Waals surface area contributed by atoms with Crippen molar-refractivity contribution in [2.75, 3.05) is 18.9 Å². The van der Waals surface area contributed by atoms with E-state index < -0.39 is 5.97 Å². The van der Waals surface area contributed by atoms with E-state index in [0.717, 1.165) is 12.1 Å². The molecular formula is C14H17N3O3S. The van der Waals surface area contributed by atoms with Crippen LogP contribution in [0, 0.1) is 6.92 Å². The lowest BCUT2D eigenvalue weighted by Crippen LogP contribution is -2.10. The van der Waals surface area contributed by atoms with Gasteiger partial charge in [-0.25, -0.2) is 14.8 Å². The molecule has 2 rings (SSSR count). The number of esters is 1. The van der Waals surface area contributed by atoms with Gasteiger partial charge in [-0.15, -0.1) is 11.3 Å². The Morgan fingerprint density at radius 2 is 2.24 bits per heavy atom. The van der Waals surface area contributed by atoms with Gasteiger partial charge in [0.2, 0.25) is 5.88 Å². The standard InChI is InChI=1S/C14H17N3O3S/c1-3-19-14(18)10-6-13(16-7-11(10)15)20-5-4-12-9(2)17-8-21-12/h6-8H,3-5,15H2,1-2H3. The fourth-order valence-corrected chi connectivity index (χ4v) is 2.49. The van der Waals surface area contributed by atoms with Crippen molar-refractivity contribution in [2.45, 2.75) is 20.3 Å². The summed E-state index contributed by atoms with van der Waals surface area (Å²) < 4.78 is 10.5. The normalized spacial score (nSPS) is 10.4. The lowest BCUT2D eigenvalue weighted by Gasteiger charge is -2.08. The summed E-state index contributed by atoms with van der Waals surface area (Å²) in [6.45, 7) is 4.46. The van der Waals surface area contributed by atoms with Gasteiger partial charge in [0.05, 0.1) is 41.9 Å². The maximum atomic E-state index is 11.7. The van der Waals surface area contributed by atoms with Crippen LogP contribution >= 0.6 is 11.3 Å². The minimum atomic E-state index is -0.472. The molecule has 0 spiro atoms. The first kappa shape index (κ1) is 15.2. The number of ether oxygens (including phenoxy) is 2. The number of carbonyl (C=O) groups is 1. The molecule has 112 valence electrons. The third-order valence-corrected chi connectivity index (χ3v) is 3.82. The van der Waals surface area contributed by atoms with Crippen molar-refractivity contribution in [1.29, 1.82) is 0 Å². The minimum Gasteiger partial charge on any atom is -0.477 e. The number of pyridine rings is 1. The number of carbonyl (C=O) groups excluding carboxylic acids is 1. The zero-order valence-electron chi connectivity index (χ0n) is 12.0. The number of rotatable bonds is 6. The van der Waals surface area contributed by atoms with E-state index in [1.165, 1.54) is 17.1 Å². The number of anilines is 1. The molecule has 0 fully saturated rings. The molecule has 2 aromatic heterocycles. The second kappa shape index (κ2) is 7.03. The minimum absolute atomic E-state index is 0.274. The van der Waals surface area contributed by atoms with Crippen molar-refractivity contribution in [1.82, 2.24) is 9.97 Å². The Morgan fingerprint density at radius 3 is 2.90 bits per heavy atom. The van der Waals surface area contributed by atoms with E-state index >= 15 is 0 Å². The predicted octanol–water partition coefficient (Wildman–Crippen LogP) is 2.23. The molecule has 0 unspecified atom stereocenters. The first-order valence-corrected chi connectivity index (χ1v) is 7.44. The molecule has 2 N–H and O–H groups in total. The maximum Gasteiger partial charge on any atom is 0.340 e. The summed E-state index contributed by atoms with van der Waals surface area (Å²) in [5.41, 5.74) is 9.10. The van der Waals surface area contributed by atoms with Crippen LogP contribution in [-0.2, 0) is 11.2 Å². The fraction of sp³-hybridized carbons (Fsp3) is 0.357. The summed E-state index contributed by atoms with van der Waals surface area (Å²) in [6.07, 6.45) is 2.15. The maximum absolute atomic E-state index is 11.7. The van der Waals surface area contributed by atoms with Crippen molar-refractivity contribution in [3.63, 3.8) is 0 Å². The second-order valence-electron chi connectivity index (χ2n) is 4.29. The molecule has 0 bridgehead atoms. The van der Waals surface area contributed by atoms with Crippen molar-refractivity contribution in [2.24, 2.45) is 0 Å². The van der Waals surface area contributed by atoms with Crippen molar-refractivity contribution in [3.05, 3.63) is 33.9 Å². The zero-order chi connectivity index (χ0) is 15.2. The Kier molecular flexibility index (Phi) is 5.10. The Balaban J connectivity index is 1.99. The largest absolute Gasteiger partial charge is 0.477 e. The number of aryl methyl sites for hydroxylation is 1. The van der Waals surface area contributed by atoms with E-state index in [1.54, 1.807) is 18.3 Å². The number of thiazole rings is 1. The molecule has 0 aliphatic rings. The molecule has 0 saturated heterocycles. The van der Waals surface area contributed by atoms with E-state index in [9.17, 15) is 4.79 Å². The van der Waals surface area contributed by atoms with Gasteiger partial charge in [0.15, 0.2) is 0 Å². The first-order valence-electron chi connectivity index (χ1n) is 6.56. The van der Waals surface area contributed by atoms with Crippen molar-refractivity contribution in [3.8, 4) is 5.88 Å². The smallest absolute Gasteiger partial charge is 0.340 e. The quantitative estimate of drug-likeness (QED) is 0.823. The molecule has 21 heavy (non-hydrogen) atoms. The lowest BCUT2D eigenvalue weighted by atomic mass is 10.2. The van der Waals surface area contributed by atoms with E-state index in [2.05, 4.69) is 9.97 Å². The highest BCUT2D eigenvalue weighted by molar-refractivity contribution is 7.09. The Morgan fingerprint density at radius 1 is 1.43 bits per heavy atom. The third kappa shape index (κ3) is 3.91. The Hall–Kier alpha value is -2.15. The second-order valence-corrected chi connectivity index (χ2v) is 5.23. The van der Waals surface area contributed by atoms with Crippen LogP contribution in [0.4, 0.5) is 5.69 Å². The summed E-state index contributed by atoms with van der Waals surface area (Å²) >= 11 is 1.60. The van der Waals surface area contributed by atoms with Crippen LogP contribution in [0.1, 0.15) is 27.9 Å². The SMILES string of the molecule is CCOC(=O)c1cc(OCCc2scnc2C)ncc1N. The summed E-state index contributed by atoms with van der Waals surface area (Å²) in [7, 11) is 0. The highest BCUT2D eigenvalue weighted by atomic mass is 32.1. The van der Waals surface area contributed by atoms with Gasteiger partial charge >= 0.3 is 5.97 Å². The molecule has 2 aromatic rings. The van der Waals surface area contributed by atoms with Gasteiger partial charge in [-0.05, 0) is 13.8 Å². The van der Waals surface area contributed by atoms with Gasteiger partial charge in [0.1, 0.15) is 0 Å². The van der Waals surface area contributed by atoms with Crippen LogP contribution in [0.3, 0.4) is 0 Å². The van der Waals surface area contributed by atoms with Crippen LogP contribution in [-0.4, -0.2) is 29.2 Å². The van der Waals surface area contributed by atoms with E-state index in [1.807, 2.05) is 12.4 Å². The fourth-order valence-electron chi connectivity index (χ4n) is 1.73. The number of nitrogens with zero attached hydrogens (tertiary/aromatic N) is 2. The molecule has 0 amide bonds. The highest BCUT2D eigenvalue weighted by Crippen LogP contribution is 2.18. The Labute approximate surface area is 126 Å². The van der Waals surface area contributed by atoms with Crippen molar-refractivity contribution >= 4 is 23.0 Å². The number of nitrogen functional groups attached to an aromatic ring is 1. The van der Waals surface area contributed by atoms with Gasteiger partial charge in [0, 0.05) is 17.4 Å². The molecule has 0 aromatic carbocycles. The molecule has 7 heteroatoms. The number of aromatic nitrogens is 2. The summed E-state index contributed by atoms with van der Waals surface area (Å²) in [6, 6.07) is 1.51. The predicted molar refractivity (Wildman–Crippen MR) is 80.7 cm³/mol. The highest BCUT2D eigenvalue weighted by Gasteiger charge is 2.13. The number of hydrogen-bond acceptors (Lipinski definition) is 7. The summed E-state index contributed by atoms with van der Waals surface area (Å²) in [5.74, 6) is -0.116. The molecule has 2 heterocycles. The van der Waals surface area contributed by atoms with Gasteiger partial charge in [-0.1, -0.05) is 0 Å². The molecule has 0 atom stereocenters. The van der Waals surface area contributed by atoms with Crippen LogP contribution in [0.15, 0.2) is 17.8 Å². The average Bonchev–Trinajstić information content (AvgIpc) is 2.86. The van der Waals surface area contributed by atoms with Gasteiger partial charge in [-0.2, -0.15) is 0 Å². The molecule has 6 nitrogen and oxygen atoms in total. The number of nitrogens with two attached hydrogens (primary N) is 1. The monoisotopic (exact) mass is 307 g/mol. The summed E-state index contributed by atoms with van der Waals surface area (Å²) in [5, 5.41) is 0. The first-order chi connectivity index (χ1) is 10.1.